The molecule has 0 saturated heterocycles. The molecule has 0 aromatic heterocycles. The van der Waals surface area contributed by atoms with Crippen molar-refractivity contribution in [1.82, 2.24) is 5.32 Å². The number of aliphatic hydroxyl groups is 1. The number of benzene rings is 1. The number of amides is 2. The summed E-state index contributed by atoms with van der Waals surface area (Å²) in [7, 11) is 0. The number of urea groups is 1. The van der Waals surface area contributed by atoms with Crippen LogP contribution in [-0.2, 0) is 0 Å². The number of hydrogen-bond donors (Lipinski definition) is 3. The van der Waals surface area contributed by atoms with Crippen molar-refractivity contribution < 1.29 is 14.3 Å². The molecular formula is C16H18FN3O2. The number of carbonyl (C=O) groups excluding carboxylic acids is 1. The summed E-state index contributed by atoms with van der Waals surface area (Å²) in [6, 6.07) is 5.22. The third kappa shape index (κ3) is 2.64. The van der Waals surface area contributed by atoms with E-state index in [1.54, 1.807) is 6.07 Å². The highest BCUT2D eigenvalue weighted by Crippen LogP contribution is 2.48. The number of nitriles is 1. The van der Waals surface area contributed by atoms with Crippen LogP contribution in [0.2, 0.25) is 0 Å². The second-order valence-corrected chi connectivity index (χ2v) is 6.11. The van der Waals surface area contributed by atoms with Crippen LogP contribution >= 0.6 is 0 Å². The zero-order valence-corrected chi connectivity index (χ0v) is 12.1. The van der Waals surface area contributed by atoms with Crippen molar-refractivity contribution >= 4 is 11.7 Å². The molecule has 0 spiro atoms. The molecule has 0 radical (unpaired) electrons. The van der Waals surface area contributed by atoms with E-state index in [0.717, 1.165) is 25.3 Å². The summed E-state index contributed by atoms with van der Waals surface area (Å²) in [5.41, 5.74) is 0.269. The summed E-state index contributed by atoms with van der Waals surface area (Å²) < 4.78 is 13.3. The SMILES string of the molecule is N#Cc1cc(NC(=O)NC2C3CCC(C3)C2CO)ccc1F. The van der Waals surface area contributed by atoms with Gasteiger partial charge in [-0.05, 0) is 49.3 Å². The Morgan fingerprint density at radius 1 is 1.41 bits per heavy atom. The number of nitrogens with zero attached hydrogens (tertiary/aromatic N) is 1. The van der Waals surface area contributed by atoms with Gasteiger partial charge in [0.15, 0.2) is 0 Å². The molecule has 4 atom stereocenters. The summed E-state index contributed by atoms with van der Waals surface area (Å²) in [5, 5.41) is 23.9. The van der Waals surface area contributed by atoms with E-state index in [9.17, 15) is 14.3 Å². The first-order valence-electron chi connectivity index (χ1n) is 7.50. The summed E-state index contributed by atoms with van der Waals surface area (Å²) in [5.74, 6) is 0.432. The number of carbonyl (C=O) groups is 1. The van der Waals surface area contributed by atoms with Gasteiger partial charge in [-0.2, -0.15) is 5.26 Å². The zero-order valence-electron chi connectivity index (χ0n) is 12.1. The fourth-order valence-corrected chi connectivity index (χ4v) is 3.91. The molecule has 2 amide bonds. The predicted molar refractivity (Wildman–Crippen MR) is 78.5 cm³/mol. The van der Waals surface area contributed by atoms with Crippen LogP contribution in [0.3, 0.4) is 0 Å². The standard InChI is InChI=1S/C16H18FN3O2/c17-14-4-3-12(6-11(14)7-18)19-16(22)20-15-10-2-1-9(5-10)13(15)8-21/h3-4,6,9-10,13,15,21H,1-2,5,8H2,(H2,19,20,22). The van der Waals surface area contributed by atoms with Crippen molar-refractivity contribution in [3.05, 3.63) is 29.6 Å². The van der Waals surface area contributed by atoms with Gasteiger partial charge in [0.05, 0.1) is 5.56 Å². The molecule has 2 fully saturated rings. The Kier molecular flexibility index (Phi) is 3.99. The van der Waals surface area contributed by atoms with E-state index in [1.807, 2.05) is 0 Å². The van der Waals surface area contributed by atoms with E-state index in [1.165, 1.54) is 12.1 Å². The maximum Gasteiger partial charge on any atom is 0.319 e. The van der Waals surface area contributed by atoms with E-state index in [4.69, 9.17) is 5.26 Å². The Balaban J connectivity index is 1.64. The van der Waals surface area contributed by atoms with E-state index in [-0.39, 0.29) is 30.2 Å². The molecule has 4 unspecified atom stereocenters. The minimum Gasteiger partial charge on any atom is -0.396 e. The van der Waals surface area contributed by atoms with Gasteiger partial charge in [-0.25, -0.2) is 9.18 Å². The average molecular weight is 303 g/mol. The van der Waals surface area contributed by atoms with Gasteiger partial charge in [-0.1, -0.05) is 0 Å². The van der Waals surface area contributed by atoms with Gasteiger partial charge < -0.3 is 15.7 Å². The van der Waals surface area contributed by atoms with Crippen LogP contribution in [0.25, 0.3) is 0 Å². The molecule has 6 heteroatoms. The van der Waals surface area contributed by atoms with Crippen molar-refractivity contribution in [2.24, 2.45) is 17.8 Å². The molecule has 5 nitrogen and oxygen atoms in total. The highest BCUT2D eigenvalue weighted by Gasteiger charge is 2.47. The average Bonchev–Trinajstić information content (AvgIpc) is 3.10. The molecule has 1 aromatic rings. The summed E-state index contributed by atoms with van der Waals surface area (Å²) in [6.07, 6.45) is 3.27. The predicted octanol–water partition coefficient (Wildman–Crippen LogP) is 2.23. The van der Waals surface area contributed by atoms with Gasteiger partial charge in [-0.15, -0.1) is 0 Å². The van der Waals surface area contributed by atoms with E-state index in [2.05, 4.69) is 10.6 Å². The van der Waals surface area contributed by atoms with Crippen molar-refractivity contribution in [3.63, 3.8) is 0 Å². The molecule has 1 aromatic carbocycles. The van der Waals surface area contributed by atoms with Crippen LogP contribution in [0.5, 0.6) is 0 Å². The Hall–Kier alpha value is -2.13. The highest BCUT2D eigenvalue weighted by molar-refractivity contribution is 5.89. The van der Waals surface area contributed by atoms with Crippen LogP contribution in [0.4, 0.5) is 14.9 Å². The molecule has 116 valence electrons. The third-order valence-electron chi connectivity index (χ3n) is 4.94. The first kappa shape index (κ1) is 14.8. The summed E-state index contributed by atoms with van der Waals surface area (Å²) in [4.78, 5) is 12.1. The molecule has 3 N–H and O–H groups in total. The Labute approximate surface area is 128 Å². The zero-order chi connectivity index (χ0) is 15.7. The molecule has 0 aliphatic heterocycles. The van der Waals surface area contributed by atoms with E-state index < -0.39 is 5.82 Å². The first-order valence-corrected chi connectivity index (χ1v) is 7.50. The molecule has 2 saturated carbocycles. The largest absolute Gasteiger partial charge is 0.396 e. The lowest BCUT2D eigenvalue weighted by molar-refractivity contribution is 0.146. The van der Waals surface area contributed by atoms with Gasteiger partial charge in [-0.3, -0.25) is 0 Å². The molecule has 0 heterocycles. The Morgan fingerprint density at radius 2 is 2.18 bits per heavy atom. The number of halogens is 1. The normalized spacial score (nSPS) is 29.1. The van der Waals surface area contributed by atoms with Crippen LogP contribution in [0.15, 0.2) is 18.2 Å². The second kappa shape index (κ2) is 5.93. The Morgan fingerprint density at radius 3 is 2.91 bits per heavy atom. The highest BCUT2D eigenvalue weighted by atomic mass is 19.1. The van der Waals surface area contributed by atoms with Crippen molar-refractivity contribution in [3.8, 4) is 6.07 Å². The van der Waals surface area contributed by atoms with E-state index in [0.29, 0.717) is 17.5 Å². The molecular weight excluding hydrogens is 285 g/mol. The minimum atomic E-state index is -0.609. The molecule has 2 aliphatic carbocycles. The van der Waals surface area contributed by atoms with Gasteiger partial charge in [0.1, 0.15) is 11.9 Å². The van der Waals surface area contributed by atoms with E-state index >= 15 is 0 Å². The second-order valence-electron chi connectivity index (χ2n) is 6.11. The summed E-state index contributed by atoms with van der Waals surface area (Å²) >= 11 is 0. The lowest BCUT2D eigenvalue weighted by Crippen LogP contribution is -2.46. The van der Waals surface area contributed by atoms with Crippen LogP contribution in [0.1, 0.15) is 24.8 Å². The number of aliphatic hydroxyl groups excluding tert-OH is 1. The first-order chi connectivity index (χ1) is 10.6. The number of hydrogen-bond acceptors (Lipinski definition) is 3. The lowest BCUT2D eigenvalue weighted by atomic mass is 9.85. The third-order valence-corrected chi connectivity index (χ3v) is 4.94. The lowest BCUT2D eigenvalue weighted by Gasteiger charge is -2.30. The molecule has 3 rings (SSSR count). The quantitative estimate of drug-likeness (QED) is 0.800. The van der Waals surface area contributed by atoms with Crippen molar-refractivity contribution in [2.75, 3.05) is 11.9 Å². The Bertz CT molecular complexity index is 628. The topological polar surface area (TPSA) is 85.2 Å². The molecule has 2 bridgehead atoms. The van der Waals surface area contributed by atoms with Crippen LogP contribution in [0, 0.1) is 34.9 Å². The molecule has 22 heavy (non-hydrogen) atoms. The molecule has 2 aliphatic rings. The number of rotatable bonds is 3. The van der Waals surface area contributed by atoms with Crippen molar-refractivity contribution in [1.29, 1.82) is 5.26 Å². The fourth-order valence-electron chi connectivity index (χ4n) is 3.91. The fraction of sp³-hybridized carbons (Fsp3) is 0.500. The number of anilines is 1. The van der Waals surface area contributed by atoms with Gasteiger partial charge in [0.25, 0.3) is 0 Å². The summed E-state index contributed by atoms with van der Waals surface area (Å²) in [6.45, 7) is 0.0846. The van der Waals surface area contributed by atoms with Crippen LogP contribution in [-0.4, -0.2) is 23.8 Å². The van der Waals surface area contributed by atoms with Crippen LogP contribution < -0.4 is 10.6 Å². The minimum absolute atomic E-state index is 0.0142. The van der Waals surface area contributed by atoms with Gasteiger partial charge in [0.2, 0.25) is 0 Å². The maximum atomic E-state index is 13.3. The van der Waals surface area contributed by atoms with Gasteiger partial charge >= 0.3 is 6.03 Å². The van der Waals surface area contributed by atoms with Gasteiger partial charge in [0, 0.05) is 24.3 Å². The number of nitrogens with one attached hydrogen (secondary N) is 2. The number of fused-ring (bicyclic) bond motifs is 2. The monoisotopic (exact) mass is 303 g/mol. The smallest absolute Gasteiger partial charge is 0.319 e. The maximum absolute atomic E-state index is 13.3. The van der Waals surface area contributed by atoms with Crippen molar-refractivity contribution in [2.45, 2.75) is 25.3 Å².